The van der Waals surface area contributed by atoms with Crippen molar-refractivity contribution >= 4 is 0 Å². The molecule has 0 bridgehead atoms. The number of hydrogen-bond acceptors (Lipinski definition) is 3. The Hall–Kier alpha value is -0.120. The second-order valence-electron chi connectivity index (χ2n) is 6.29. The quantitative estimate of drug-likeness (QED) is 0.497. The van der Waals surface area contributed by atoms with Gasteiger partial charge in [0.25, 0.3) is 0 Å². The number of hydrogen-bond donors (Lipinski definition) is 2. The molecule has 114 valence electrons. The van der Waals surface area contributed by atoms with Crippen molar-refractivity contribution in [2.75, 3.05) is 6.54 Å². The zero-order valence-corrected chi connectivity index (χ0v) is 13.0. The van der Waals surface area contributed by atoms with E-state index in [0.29, 0.717) is 5.92 Å². The van der Waals surface area contributed by atoms with Gasteiger partial charge in [-0.2, -0.15) is 0 Å². The Labute approximate surface area is 119 Å². The second kappa shape index (κ2) is 9.73. The summed E-state index contributed by atoms with van der Waals surface area (Å²) >= 11 is 0. The number of unbranched alkanes of at least 4 members (excludes halogenated alkanes) is 4. The van der Waals surface area contributed by atoms with Gasteiger partial charge in [-0.15, -0.1) is 0 Å². The van der Waals surface area contributed by atoms with Gasteiger partial charge in [0.2, 0.25) is 6.41 Å². The zero-order chi connectivity index (χ0) is 14.1. The van der Waals surface area contributed by atoms with Crippen molar-refractivity contribution < 1.29 is 9.84 Å². The molecule has 0 aromatic rings. The lowest BCUT2D eigenvalue weighted by Crippen LogP contribution is -2.40. The molecule has 0 saturated heterocycles. The lowest BCUT2D eigenvalue weighted by molar-refractivity contribution is -0.176. The first-order valence-electron chi connectivity index (χ1n) is 8.20. The molecule has 1 fully saturated rings. The molecule has 1 aliphatic rings. The standard InChI is InChI=1S/C16H33NO2/c1-4-5-6-7-8-11-17-16(18)19-15-12-13(2)9-10-14(15)3/h13-18H,4-12H2,1-3H3/t13-,14+,15+,16-/m0/s1. The van der Waals surface area contributed by atoms with Crippen molar-refractivity contribution in [1.82, 2.24) is 5.32 Å². The summed E-state index contributed by atoms with van der Waals surface area (Å²) in [5, 5.41) is 13.0. The van der Waals surface area contributed by atoms with Crippen LogP contribution in [0.4, 0.5) is 0 Å². The Balaban J connectivity index is 2.07. The lowest BCUT2D eigenvalue weighted by Gasteiger charge is -2.34. The molecule has 0 aliphatic heterocycles. The first kappa shape index (κ1) is 16.9. The number of ether oxygens (including phenoxy) is 1. The summed E-state index contributed by atoms with van der Waals surface area (Å²) in [4.78, 5) is 0. The fourth-order valence-corrected chi connectivity index (χ4v) is 2.84. The average Bonchev–Trinajstić information content (AvgIpc) is 2.38. The SMILES string of the molecule is CCCCCCCN[C@@H](O)O[C@@H]1C[C@@H](C)CC[C@H]1C. The van der Waals surface area contributed by atoms with Gasteiger partial charge >= 0.3 is 0 Å². The molecular weight excluding hydrogens is 238 g/mol. The molecule has 0 heterocycles. The molecule has 0 spiro atoms. The van der Waals surface area contributed by atoms with E-state index in [2.05, 4.69) is 26.1 Å². The van der Waals surface area contributed by atoms with E-state index in [9.17, 15) is 5.11 Å². The highest BCUT2D eigenvalue weighted by atomic mass is 16.6. The van der Waals surface area contributed by atoms with Crippen molar-refractivity contribution in [3.8, 4) is 0 Å². The van der Waals surface area contributed by atoms with E-state index in [-0.39, 0.29) is 6.10 Å². The van der Waals surface area contributed by atoms with Crippen molar-refractivity contribution in [1.29, 1.82) is 0 Å². The topological polar surface area (TPSA) is 41.5 Å². The predicted molar refractivity (Wildman–Crippen MR) is 79.8 cm³/mol. The van der Waals surface area contributed by atoms with Crippen molar-refractivity contribution in [2.45, 2.75) is 84.7 Å². The molecule has 3 heteroatoms. The van der Waals surface area contributed by atoms with E-state index in [1.54, 1.807) is 0 Å². The van der Waals surface area contributed by atoms with Crippen LogP contribution < -0.4 is 5.32 Å². The van der Waals surface area contributed by atoms with E-state index < -0.39 is 6.41 Å². The zero-order valence-electron chi connectivity index (χ0n) is 13.0. The Kier molecular flexibility index (Phi) is 8.67. The fourth-order valence-electron chi connectivity index (χ4n) is 2.84. The van der Waals surface area contributed by atoms with Crippen LogP contribution in [0.5, 0.6) is 0 Å². The van der Waals surface area contributed by atoms with Gasteiger partial charge in [0.05, 0.1) is 6.10 Å². The number of nitrogens with one attached hydrogen (secondary N) is 1. The molecule has 0 aromatic carbocycles. The van der Waals surface area contributed by atoms with Crippen molar-refractivity contribution in [2.24, 2.45) is 11.8 Å². The van der Waals surface area contributed by atoms with E-state index >= 15 is 0 Å². The fraction of sp³-hybridized carbons (Fsp3) is 1.00. The third-order valence-corrected chi connectivity index (χ3v) is 4.29. The maximum absolute atomic E-state index is 9.87. The number of rotatable bonds is 9. The molecule has 0 radical (unpaired) electrons. The number of aliphatic hydroxyl groups excluding tert-OH is 1. The van der Waals surface area contributed by atoms with Gasteiger partial charge in [0.1, 0.15) is 0 Å². The average molecular weight is 271 g/mol. The Morgan fingerprint density at radius 3 is 2.63 bits per heavy atom. The van der Waals surface area contributed by atoms with Crippen LogP contribution in [-0.2, 0) is 4.74 Å². The molecule has 0 amide bonds. The van der Waals surface area contributed by atoms with Gasteiger partial charge in [-0.05, 0) is 37.6 Å². The van der Waals surface area contributed by atoms with Crippen LogP contribution in [0.15, 0.2) is 0 Å². The first-order chi connectivity index (χ1) is 9.13. The minimum Gasteiger partial charge on any atom is -0.356 e. The van der Waals surface area contributed by atoms with Gasteiger partial charge in [0.15, 0.2) is 0 Å². The molecule has 2 N–H and O–H groups in total. The molecule has 4 atom stereocenters. The minimum absolute atomic E-state index is 0.214. The molecule has 19 heavy (non-hydrogen) atoms. The van der Waals surface area contributed by atoms with E-state index in [0.717, 1.165) is 25.3 Å². The van der Waals surface area contributed by atoms with Gasteiger partial charge in [-0.1, -0.05) is 52.9 Å². The highest BCUT2D eigenvalue weighted by Gasteiger charge is 2.27. The van der Waals surface area contributed by atoms with Crippen molar-refractivity contribution in [3.63, 3.8) is 0 Å². The second-order valence-corrected chi connectivity index (χ2v) is 6.29. The largest absolute Gasteiger partial charge is 0.356 e. The third kappa shape index (κ3) is 7.28. The summed E-state index contributed by atoms with van der Waals surface area (Å²) in [6.07, 6.45) is 9.27. The van der Waals surface area contributed by atoms with Crippen LogP contribution in [0.2, 0.25) is 0 Å². The lowest BCUT2D eigenvalue weighted by atomic mass is 9.82. The minimum atomic E-state index is -0.788. The maximum atomic E-state index is 9.87. The van der Waals surface area contributed by atoms with Crippen LogP contribution in [0.1, 0.15) is 72.1 Å². The summed E-state index contributed by atoms with van der Waals surface area (Å²) in [6, 6.07) is 0. The van der Waals surface area contributed by atoms with E-state index in [4.69, 9.17) is 4.74 Å². The summed E-state index contributed by atoms with van der Waals surface area (Å²) in [6.45, 7) is 7.58. The van der Waals surface area contributed by atoms with E-state index in [1.807, 2.05) is 0 Å². The van der Waals surface area contributed by atoms with Crippen LogP contribution in [0.3, 0.4) is 0 Å². The van der Waals surface area contributed by atoms with Gasteiger partial charge < -0.3 is 9.84 Å². The molecule has 0 unspecified atom stereocenters. The molecule has 1 saturated carbocycles. The normalized spacial score (nSPS) is 29.4. The molecule has 0 aromatic heterocycles. The van der Waals surface area contributed by atoms with Crippen LogP contribution in [0.25, 0.3) is 0 Å². The third-order valence-electron chi connectivity index (χ3n) is 4.29. The summed E-state index contributed by atoms with van der Waals surface area (Å²) in [7, 11) is 0. The van der Waals surface area contributed by atoms with Crippen LogP contribution in [0, 0.1) is 11.8 Å². The Bertz CT molecular complexity index is 223. The monoisotopic (exact) mass is 271 g/mol. The van der Waals surface area contributed by atoms with Crippen molar-refractivity contribution in [3.05, 3.63) is 0 Å². The smallest absolute Gasteiger partial charge is 0.213 e. The summed E-state index contributed by atoms with van der Waals surface area (Å²) in [5.74, 6) is 1.29. The van der Waals surface area contributed by atoms with Gasteiger partial charge in [-0.25, -0.2) is 0 Å². The first-order valence-corrected chi connectivity index (χ1v) is 8.20. The molecular formula is C16H33NO2. The highest BCUT2D eigenvalue weighted by Crippen LogP contribution is 2.30. The predicted octanol–water partition coefficient (Wildman–Crippen LogP) is 3.66. The number of aliphatic hydroxyl groups is 1. The summed E-state index contributed by atoms with van der Waals surface area (Å²) in [5.41, 5.74) is 0. The Morgan fingerprint density at radius 2 is 1.89 bits per heavy atom. The molecule has 3 nitrogen and oxygen atoms in total. The molecule has 1 aliphatic carbocycles. The highest BCUT2D eigenvalue weighted by molar-refractivity contribution is 4.76. The summed E-state index contributed by atoms with van der Waals surface area (Å²) < 4.78 is 5.75. The van der Waals surface area contributed by atoms with E-state index in [1.165, 1.54) is 38.5 Å². The molecule has 1 rings (SSSR count). The maximum Gasteiger partial charge on any atom is 0.213 e. The van der Waals surface area contributed by atoms with Gasteiger partial charge in [-0.3, -0.25) is 5.32 Å². The van der Waals surface area contributed by atoms with Crippen LogP contribution in [-0.4, -0.2) is 24.2 Å². The Morgan fingerprint density at radius 1 is 1.16 bits per heavy atom. The van der Waals surface area contributed by atoms with Gasteiger partial charge in [0, 0.05) is 0 Å². The van der Waals surface area contributed by atoms with Crippen LogP contribution >= 0.6 is 0 Å².